The van der Waals surface area contributed by atoms with E-state index < -0.39 is 17.4 Å². The van der Waals surface area contributed by atoms with Gasteiger partial charge in [-0.25, -0.2) is 4.79 Å². The molecule has 0 saturated heterocycles. The predicted octanol–water partition coefficient (Wildman–Crippen LogP) is 1.12. The number of nitrogens with two attached hydrogens (primary N) is 1. The van der Waals surface area contributed by atoms with Crippen LogP contribution >= 0.6 is 0 Å². The molecule has 3 unspecified atom stereocenters. The lowest BCUT2D eigenvalue weighted by Gasteiger charge is -2.31. The van der Waals surface area contributed by atoms with Gasteiger partial charge in [-0.3, -0.25) is 4.79 Å². The van der Waals surface area contributed by atoms with Crippen LogP contribution < -0.4 is 11.1 Å². The van der Waals surface area contributed by atoms with Crippen molar-refractivity contribution in [3.63, 3.8) is 0 Å². The Kier molecular flexibility index (Phi) is 4.73. The molecule has 1 fully saturated rings. The maximum Gasteiger partial charge on any atom is 0.326 e. The molecule has 3 atom stereocenters. The molecule has 0 spiro atoms. The van der Waals surface area contributed by atoms with E-state index >= 15 is 0 Å². The van der Waals surface area contributed by atoms with Crippen molar-refractivity contribution in [2.24, 2.45) is 17.1 Å². The lowest BCUT2D eigenvalue weighted by atomic mass is 9.83. The van der Waals surface area contributed by atoms with Gasteiger partial charge in [0.25, 0.3) is 0 Å². The summed E-state index contributed by atoms with van der Waals surface area (Å²) in [6.07, 6.45) is 3.34. The Bertz CT molecular complexity index is 323. The van der Waals surface area contributed by atoms with E-state index in [1.807, 2.05) is 0 Å². The maximum absolute atomic E-state index is 12.1. The molecule has 1 saturated carbocycles. The summed E-state index contributed by atoms with van der Waals surface area (Å²) >= 11 is 0. The third kappa shape index (κ3) is 3.98. The summed E-state index contributed by atoms with van der Waals surface area (Å²) in [6, 6.07) is -0.796. The molecule has 104 valence electrons. The first-order valence-electron chi connectivity index (χ1n) is 6.50. The minimum Gasteiger partial charge on any atom is -0.480 e. The van der Waals surface area contributed by atoms with Crippen LogP contribution in [0.3, 0.4) is 0 Å². The molecular formula is C13H24N2O3. The van der Waals surface area contributed by atoms with Crippen LogP contribution in [0.2, 0.25) is 0 Å². The quantitative estimate of drug-likeness (QED) is 0.705. The molecule has 4 N–H and O–H groups in total. The van der Waals surface area contributed by atoms with Gasteiger partial charge in [0, 0.05) is 12.0 Å². The average molecular weight is 256 g/mol. The molecule has 0 aromatic heterocycles. The lowest BCUT2D eigenvalue weighted by Crippen LogP contribution is -2.51. The normalized spacial score (nSPS) is 26.4. The van der Waals surface area contributed by atoms with Crippen molar-refractivity contribution in [3.8, 4) is 0 Å². The standard InChI is InChI=1S/C13H24N2O3/c1-13(2,3)10(12(17)18)15-11(16)8-5-4-6-9(14)7-8/h8-10H,4-7,14H2,1-3H3,(H,15,16)(H,17,18). The van der Waals surface area contributed by atoms with Crippen LogP contribution in [-0.2, 0) is 9.59 Å². The van der Waals surface area contributed by atoms with Gasteiger partial charge in [-0.2, -0.15) is 0 Å². The number of carbonyl (C=O) groups is 2. The van der Waals surface area contributed by atoms with Crippen molar-refractivity contribution >= 4 is 11.9 Å². The van der Waals surface area contributed by atoms with Crippen molar-refractivity contribution in [1.82, 2.24) is 5.32 Å². The number of aliphatic carboxylic acids is 1. The van der Waals surface area contributed by atoms with Crippen molar-refractivity contribution in [3.05, 3.63) is 0 Å². The summed E-state index contributed by atoms with van der Waals surface area (Å²) < 4.78 is 0. The van der Waals surface area contributed by atoms with Crippen LogP contribution in [0.1, 0.15) is 46.5 Å². The number of amides is 1. The molecule has 1 aliphatic rings. The fraction of sp³-hybridized carbons (Fsp3) is 0.846. The molecule has 5 nitrogen and oxygen atoms in total. The third-order valence-corrected chi connectivity index (χ3v) is 3.49. The van der Waals surface area contributed by atoms with Gasteiger partial charge < -0.3 is 16.2 Å². The van der Waals surface area contributed by atoms with Crippen LogP contribution in [0.4, 0.5) is 0 Å². The Hall–Kier alpha value is -1.10. The van der Waals surface area contributed by atoms with Crippen molar-refractivity contribution in [2.75, 3.05) is 0 Å². The zero-order valence-electron chi connectivity index (χ0n) is 11.4. The van der Waals surface area contributed by atoms with Gasteiger partial charge in [0.2, 0.25) is 5.91 Å². The van der Waals surface area contributed by atoms with Crippen LogP contribution in [0.5, 0.6) is 0 Å². The molecule has 1 amide bonds. The number of hydrogen-bond acceptors (Lipinski definition) is 3. The van der Waals surface area contributed by atoms with E-state index in [4.69, 9.17) is 10.8 Å². The van der Waals surface area contributed by atoms with Crippen LogP contribution in [-0.4, -0.2) is 29.1 Å². The van der Waals surface area contributed by atoms with E-state index in [1.165, 1.54) is 0 Å². The Morgan fingerprint density at radius 1 is 1.33 bits per heavy atom. The number of carboxylic acid groups (broad SMARTS) is 1. The Labute approximate surface area is 108 Å². The molecular weight excluding hydrogens is 232 g/mol. The van der Waals surface area contributed by atoms with Gasteiger partial charge >= 0.3 is 5.97 Å². The van der Waals surface area contributed by atoms with Gasteiger partial charge in [-0.1, -0.05) is 27.2 Å². The zero-order chi connectivity index (χ0) is 13.9. The van der Waals surface area contributed by atoms with Gasteiger partial charge in [0.1, 0.15) is 6.04 Å². The monoisotopic (exact) mass is 256 g/mol. The average Bonchev–Trinajstić information content (AvgIpc) is 2.23. The van der Waals surface area contributed by atoms with E-state index in [0.717, 1.165) is 19.3 Å². The first-order chi connectivity index (χ1) is 8.21. The molecule has 5 heteroatoms. The van der Waals surface area contributed by atoms with E-state index in [9.17, 15) is 9.59 Å². The van der Waals surface area contributed by atoms with Gasteiger partial charge in [0.05, 0.1) is 0 Å². The van der Waals surface area contributed by atoms with Crippen LogP contribution in [0.15, 0.2) is 0 Å². The van der Waals surface area contributed by atoms with Gasteiger partial charge in [0.15, 0.2) is 0 Å². The summed E-state index contributed by atoms with van der Waals surface area (Å²) in [5.74, 6) is -1.30. The Morgan fingerprint density at radius 3 is 2.39 bits per heavy atom. The SMILES string of the molecule is CC(C)(C)C(NC(=O)C1CCCC(N)C1)C(=O)O. The first-order valence-corrected chi connectivity index (χ1v) is 6.50. The van der Waals surface area contributed by atoms with Crippen LogP contribution in [0, 0.1) is 11.3 Å². The van der Waals surface area contributed by atoms with E-state index in [2.05, 4.69) is 5.32 Å². The van der Waals surface area contributed by atoms with Gasteiger partial charge in [-0.05, 0) is 24.7 Å². The Morgan fingerprint density at radius 2 is 1.94 bits per heavy atom. The molecule has 0 heterocycles. The highest BCUT2D eigenvalue weighted by molar-refractivity contribution is 5.85. The van der Waals surface area contributed by atoms with E-state index in [1.54, 1.807) is 20.8 Å². The summed E-state index contributed by atoms with van der Waals surface area (Å²) in [4.78, 5) is 23.3. The summed E-state index contributed by atoms with van der Waals surface area (Å²) in [6.45, 7) is 5.41. The minimum atomic E-state index is -0.990. The van der Waals surface area contributed by atoms with Crippen LogP contribution in [0.25, 0.3) is 0 Å². The second kappa shape index (κ2) is 5.69. The third-order valence-electron chi connectivity index (χ3n) is 3.49. The van der Waals surface area contributed by atoms with Crippen molar-refractivity contribution in [2.45, 2.75) is 58.5 Å². The van der Waals surface area contributed by atoms with E-state index in [0.29, 0.717) is 6.42 Å². The summed E-state index contributed by atoms with van der Waals surface area (Å²) in [5.41, 5.74) is 5.34. The van der Waals surface area contributed by atoms with E-state index in [-0.39, 0.29) is 17.9 Å². The molecule has 0 aliphatic heterocycles. The number of carbonyl (C=O) groups excluding carboxylic acids is 1. The molecule has 0 aromatic carbocycles. The van der Waals surface area contributed by atoms with Crippen molar-refractivity contribution in [1.29, 1.82) is 0 Å². The van der Waals surface area contributed by atoms with Gasteiger partial charge in [-0.15, -0.1) is 0 Å². The predicted molar refractivity (Wildman–Crippen MR) is 69.0 cm³/mol. The smallest absolute Gasteiger partial charge is 0.326 e. The molecule has 0 radical (unpaired) electrons. The highest BCUT2D eigenvalue weighted by Gasteiger charge is 2.35. The number of hydrogen-bond donors (Lipinski definition) is 3. The highest BCUT2D eigenvalue weighted by atomic mass is 16.4. The molecule has 18 heavy (non-hydrogen) atoms. The maximum atomic E-state index is 12.1. The van der Waals surface area contributed by atoms with Crippen molar-refractivity contribution < 1.29 is 14.7 Å². The number of carboxylic acids is 1. The second-order valence-electron chi connectivity index (χ2n) is 6.27. The highest BCUT2D eigenvalue weighted by Crippen LogP contribution is 2.25. The first kappa shape index (κ1) is 15.0. The minimum absolute atomic E-state index is 0.0624. The molecule has 0 bridgehead atoms. The summed E-state index contributed by atoms with van der Waals surface area (Å²) in [5, 5.41) is 11.8. The number of rotatable bonds is 3. The Balaban J connectivity index is 2.64. The largest absolute Gasteiger partial charge is 0.480 e. The fourth-order valence-electron chi connectivity index (χ4n) is 2.37. The topological polar surface area (TPSA) is 92.4 Å². The molecule has 1 rings (SSSR count). The fourth-order valence-corrected chi connectivity index (χ4v) is 2.37. The lowest BCUT2D eigenvalue weighted by molar-refractivity contribution is -0.145. The second-order valence-corrected chi connectivity index (χ2v) is 6.27. The molecule has 1 aliphatic carbocycles. The number of nitrogens with one attached hydrogen (secondary N) is 1. The summed E-state index contributed by atoms with van der Waals surface area (Å²) in [7, 11) is 0. The molecule has 0 aromatic rings. The zero-order valence-corrected chi connectivity index (χ0v) is 11.4.